The van der Waals surface area contributed by atoms with Crippen molar-refractivity contribution in [2.45, 2.75) is 52.7 Å². The SMILES string of the molecule is CCc1noc2c(C(C)=O)ccc(OCC(O)CNC(C)(C)C)c12. The summed E-state index contributed by atoms with van der Waals surface area (Å²) in [4.78, 5) is 11.7. The van der Waals surface area contributed by atoms with Crippen LogP contribution in [0.4, 0.5) is 0 Å². The molecule has 0 saturated heterocycles. The van der Waals surface area contributed by atoms with Gasteiger partial charge in [-0.25, -0.2) is 0 Å². The Kier molecular flexibility index (Phi) is 5.62. The number of carbonyl (C=O) groups is 1. The van der Waals surface area contributed by atoms with Gasteiger partial charge in [-0.15, -0.1) is 0 Å². The van der Waals surface area contributed by atoms with E-state index in [1.54, 1.807) is 12.1 Å². The molecule has 0 amide bonds. The third-order valence-electron chi connectivity index (χ3n) is 3.67. The Morgan fingerprint density at radius 3 is 2.71 bits per heavy atom. The van der Waals surface area contributed by atoms with Crippen LogP contribution in [0.25, 0.3) is 11.0 Å². The molecule has 0 bridgehead atoms. The molecule has 0 fully saturated rings. The number of benzene rings is 1. The Morgan fingerprint density at radius 2 is 2.12 bits per heavy atom. The number of fused-ring (bicyclic) bond motifs is 1. The highest BCUT2D eigenvalue weighted by Gasteiger charge is 2.19. The van der Waals surface area contributed by atoms with Crippen molar-refractivity contribution in [3.05, 3.63) is 23.4 Å². The highest BCUT2D eigenvalue weighted by molar-refractivity contribution is 6.06. The minimum atomic E-state index is -0.642. The fourth-order valence-electron chi connectivity index (χ4n) is 2.39. The zero-order valence-corrected chi connectivity index (χ0v) is 15.0. The molecule has 1 heterocycles. The van der Waals surface area contributed by atoms with Crippen molar-refractivity contribution in [3.8, 4) is 5.75 Å². The summed E-state index contributed by atoms with van der Waals surface area (Å²) in [6.07, 6.45) is 0.0236. The highest BCUT2D eigenvalue weighted by atomic mass is 16.5. The zero-order valence-electron chi connectivity index (χ0n) is 15.0. The number of rotatable bonds is 7. The van der Waals surface area contributed by atoms with E-state index in [4.69, 9.17) is 9.26 Å². The van der Waals surface area contributed by atoms with Gasteiger partial charge in [-0.05, 0) is 46.2 Å². The van der Waals surface area contributed by atoms with Crippen LogP contribution in [0.15, 0.2) is 16.7 Å². The summed E-state index contributed by atoms with van der Waals surface area (Å²) in [5, 5.41) is 18.1. The monoisotopic (exact) mass is 334 g/mol. The third kappa shape index (κ3) is 4.33. The number of aliphatic hydroxyl groups is 1. The van der Waals surface area contributed by atoms with Gasteiger partial charge in [-0.3, -0.25) is 4.79 Å². The van der Waals surface area contributed by atoms with Gasteiger partial charge >= 0.3 is 0 Å². The summed E-state index contributed by atoms with van der Waals surface area (Å²) >= 11 is 0. The average Bonchev–Trinajstić information content (AvgIpc) is 2.93. The number of carbonyl (C=O) groups excluding carboxylic acids is 1. The van der Waals surface area contributed by atoms with Crippen molar-refractivity contribution < 1.29 is 19.2 Å². The van der Waals surface area contributed by atoms with Gasteiger partial charge in [0.1, 0.15) is 18.5 Å². The molecule has 1 atom stereocenters. The second kappa shape index (κ2) is 7.32. The molecular formula is C18H26N2O4. The first-order valence-corrected chi connectivity index (χ1v) is 8.21. The largest absolute Gasteiger partial charge is 0.490 e. The maximum atomic E-state index is 11.7. The van der Waals surface area contributed by atoms with Crippen LogP contribution >= 0.6 is 0 Å². The lowest BCUT2D eigenvalue weighted by Crippen LogP contribution is -2.42. The van der Waals surface area contributed by atoms with Gasteiger partial charge in [0.2, 0.25) is 0 Å². The number of nitrogens with zero attached hydrogens (tertiary/aromatic N) is 1. The minimum Gasteiger partial charge on any atom is -0.490 e. The molecular weight excluding hydrogens is 308 g/mol. The van der Waals surface area contributed by atoms with Gasteiger partial charge in [0.25, 0.3) is 0 Å². The Labute approximate surface area is 142 Å². The molecule has 6 nitrogen and oxygen atoms in total. The van der Waals surface area contributed by atoms with E-state index in [2.05, 4.69) is 10.5 Å². The fraction of sp³-hybridized carbons (Fsp3) is 0.556. The summed E-state index contributed by atoms with van der Waals surface area (Å²) in [5.41, 5.74) is 1.60. The van der Waals surface area contributed by atoms with Gasteiger partial charge in [-0.1, -0.05) is 12.1 Å². The number of hydrogen-bond acceptors (Lipinski definition) is 6. The van der Waals surface area contributed by atoms with Crippen LogP contribution in [-0.2, 0) is 6.42 Å². The lowest BCUT2D eigenvalue weighted by atomic mass is 10.1. The Morgan fingerprint density at radius 1 is 1.42 bits per heavy atom. The van der Waals surface area contributed by atoms with E-state index in [-0.39, 0.29) is 17.9 Å². The Bertz CT molecular complexity index is 716. The van der Waals surface area contributed by atoms with E-state index >= 15 is 0 Å². The highest BCUT2D eigenvalue weighted by Crippen LogP contribution is 2.32. The molecule has 1 aromatic carbocycles. The molecule has 24 heavy (non-hydrogen) atoms. The second-order valence-electron chi connectivity index (χ2n) is 6.95. The van der Waals surface area contributed by atoms with Gasteiger partial charge < -0.3 is 19.7 Å². The molecule has 2 aromatic rings. The molecule has 1 unspecified atom stereocenters. The summed E-state index contributed by atoms with van der Waals surface area (Å²) < 4.78 is 11.1. The van der Waals surface area contributed by atoms with Crippen molar-refractivity contribution in [1.29, 1.82) is 0 Å². The molecule has 2 rings (SSSR count). The quantitative estimate of drug-likeness (QED) is 0.757. The lowest BCUT2D eigenvalue weighted by molar-refractivity contribution is 0.100. The number of nitrogens with one attached hydrogen (secondary N) is 1. The first-order chi connectivity index (χ1) is 11.2. The van der Waals surface area contributed by atoms with Crippen LogP contribution in [0.1, 0.15) is 50.7 Å². The molecule has 0 aliphatic carbocycles. The number of hydrogen-bond donors (Lipinski definition) is 2. The molecule has 2 N–H and O–H groups in total. The second-order valence-corrected chi connectivity index (χ2v) is 6.95. The van der Waals surface area contributed by atoms with Gasteiger partial charge in [-0.2, -0.15) is 0 Å². The summed E-state index contributed by atoms with van der Waals surface area (Å²) in [5.74, 6) is 0.489. The first kappa shape index (κ1) is 18.4. The normalized spacial score (nSPS) is 13.2. The maximum Gasteiger partial charge on any atom is 0.181 e. The number of Topliss-reactive ketones (excluding diaryl/α,β-unsaturated/α-hetero) is 1. The fourth-order valence-corrected chi connectivity index (χ4v) is 2.39. The molecule has 0 aliphatic rings. The number of ketones is 1. The molecule has 6 heteroatoms. The summed E-state index contributed by atoms with van der Waals surface area (Å²) in [6.45, 7) is 10.1. The third-order valence-corrected chi connectivity index (χ3v) is 3.67. The van der Waals surface area contributed by atoms with E-state index in [9.17, 15) is 9.90 Å². The smallest absolute Gasteiger partial charge is 0.181 e. The zero-order chi connectivity index (χ0) is 17.9. The van der Waals surface area contributed by atoms with E-state index in [1.165, 1.54) is 6.92 Å². The summed E-state index contributed by atoms with van der Waals surface area (Å²) in [6, 6.07) is 3.41. The van der Waals surface area contributed by atoms with E-state index in [0.717, 1.165) is 5.69 Å². The van der Waals surface area contributed by atoms with Crippen LogP contribution in [0.5, 0.6) is 5.75 Å². The number of aryl methyl sites for hydroxylation is 1. The van der Waals surface area contributed by atoms with Crippen LogP contribution in [0, 0.1) is 0 Å². The Balaban J connectivity index is 2.19. The van der Waals surface area contributed by atoms with Crippen molar-refractivity contribution in [1.82, 2.24) is 10.5 Å². The maximum absolute atomic E-state index is 11.7. The molecule has 1 aromatic heterocycles. The van der Waals surface area contributed by atoms with Crippen molar-refractivity contribution in [3.63, 3.8) is 0 Å². The van der Waals surface area contributed by atoms with E-state index in [1.807, 2.05) is 27.7 Å². The number of aliphatic hydroxyl groups excluding tert-OH is 1. The van der Waals surface area contributed by atoms with Crippen LogP contribution < -0.4 is 10.1 Å². The van der Waals surface area contributed by atoms with Gasteiger partial charge in [0.05, 0.1) is 16.6 Å². The molecule has 132 valence electrons. The van der Waals surface area contributed by atoms with Crippen molar-refractivity contribution >= 4 is 16.8 Å². The molecule has 0 saturated carbocycles. The van der Waals surface area contributed by atoms with Crippen LogP contribution in [0.2, 0.25) is 0 Å². The number of β-amino-alcohol motifs (C(OH)–C–C–N with tert-alkyl or cyclic N) is 1. The molecule has 0 aliphatic heterocycles. The van der Waals surface area contributed by atoms with Gasteiger partial charge in [0.15, 0.2) is 11.4 Å². The van der Waals surface area contributed by atoms with Crippen LogP contribution in [-0.4, -0.2) is 40.8 Å². The average molecular weight is 334 g/mol. The van der Waals surface area contributed by atoms with E-state index in [0.29, 0.717) is 35.2 Å². The molecule has 0 radical (unpaired) electrons. The van der Waals surface area contributed by atoms with Crippen molar-refractivity contribution in [2.24, 2.45) is 0 Å². The number of ether oxygens (including phenoxy) is 1. The van der Waals surface area contributed by atoms with Gasteiger partial charge in [0, 0.05) is 12.1 Å². The first-order valence-electron chi connectivity index (χ1n) is 8.21. The van der Waals surface area contributed by atoms with Crippen LogP contribution in [0.3, 0.4) is 0 Å². The lowest BCUT2D eigenvalue weighted by Gasteiger charge is -2.23. The van der Waals surface area contributed by atoms with Crippen molar-refractivity contribution in [2.75, 3.05) is 13.2 Å². The molecule has 0 spiro atoms. The standard InChI is InChI=1S/C18H26N2O4/c1-6-14-16-15(23-10-12(22)9-19-18(3,4)5)8-7-13(11(2)21)17(16)24-20-14/h7-8,12,19,22H,6,9-10H2,1-5H3. The predicted molar refractivity (Wildman–Crippen MR) is 92.6 cm³/mol. The number of aromatic nitrogens is 1. The minimum absolute atomic E-state index is 0.0682. The topological polar surface area (TPSA) is 84.6 Å². The van der Waals surface area contributed by atoms with E-state index < -0.39 is 6.10 Å². The predicted octanol–water partition coefficient (Wildman–Crippen LogP) is 2.72. The Hall–Kier alpha value is -1.92. The summed E-state index contributed by atoms with van der Waals surface area (Å²) in [7, 11) is 0.